The number of carbonyl (C=O) groups excluding carboxylic acids is 1. The van der Waals surface area contributed by atoms with Crippen LogP contribution in [0.5, 0.6) is 0 Å². The zero-order valence-corrected chi connectivity index (χ0v) is 11.0. The standard InChI is InChI=1S/C13H14N6O/c1-19-9-17-18-11(19)8-16-13(20)12-10(4-2-6-14)5-3-7-15-12/h3,5,7,9H,6,8,14H2,1H3,(H,16,20). The molecular weight excluding hydrogens is 256 g/mol. The van der Waals surface area contributed by atoms with Gasteiger partial charge in [0.15, 0.2) is 5.82 Å². The van der Waals surface area contributed by atoms with Crippen LogP contribution in [0.3, 0.4) is 0 Å². The van der Waals surface area contributed by atoms with E-state index in [1.54, 1.807) is 36.3 Å². The van der Waals surface area contributed by atoms with Crippen LogP contribution in [-0.4, -0.2) is 32.2 Å². The van der Waals surface area contributed by atoms with E-state index in [0.29, 0.717) is 11.4 Å². The number of hydrogen-bond donors (Lipinski definition) is 2. The first kappa shape index (κ1) is 13.7. The number of aromatic nitrogens is 4. The van der Waals surface area contributed by atoms with Crippen molar-refractivity contribution in [3.8, 4) is 11.8 Å². The van der Waals surface area contributed by atoms with Gasteiger partial charge in [-0.2, -0.15) is 0 Å². The van der Waals surface area contributed by atoms with E-state index >= 15 is 0 Å². The van der Waals surface area contributed by atoms with Gasteiger partial charge in [-0.25, -0.2) is 4.98 Å². The largest absolute Gasteiger partial charge is 0.343 e. The molecule has 0 atom stereocenters. The zero-order chi connectivity index (χ0) is 14.4. The number of hydrogen-bond acceptors (Lipinski definition) is 5. The Labute approximate surface area is 116 Å². The Morgan fingerprint density at radius 3 is 3.10 bits per heavy atom. The van der Waals surface area contributed by atoms with Crippen LogP contribution in [0.4, 0.5) is 0 Å². The van der Waals surface area contributed by atoms with Crippen LogP contribution < -0.4 is 11.1 Å². The number of aryl methyl sites for hydroxylation is 1. The van der Waals surface area contributed by atoms with Gasteiger partial charge in [0.1, 0.15) is 12.0 Å². The molecule has 0 spiro atoms. The fraction of sp³-hybridized carbons (Fsp3) is 0.231. The van der Waals surface area contributed by atoms with E-state index in [-0.39, 0.29) is 24.7 Å². The van der Waals surface area contributed by atoms with E-state index in [2.05, 4.69) is 32.3 Å². The van der Waals surface area contributed by atoms with Crippen LogP contribution in [0.25, 0.3) is 0 Å². The Morgan fingerprint density at radius 1 is 1.55 bits per heavy atom. The lowest BCUT2D eigenvalue weighted by atomic mass is 10.2. The van der Waals surface area contributed by atoms with Gasteiger partial charge in [-0.3, -0.25) is 4.79 Å². The van der Waals surface area contributed by atoms with E-state index in [4.69, 9.17) is 5.73 Å². The number of pyridine rings is 1. The molecule has 0 saturated carbocycles. The number of nitrogens with one attached hydrogen (secondary N) is 1. The number of nitrogens with two attached hydrogens (primary N) is 1. The normalized spacial score (nSPS) is 9.70. The fourth-order valence-corrected chi connectivity index (χ4v) is 1.54. The molecule has 0 aromatic carbocycles. The number of rotatable bonds is 3. The van der Waals surface area contributed by atoms with Crippen molar-refractivity contribution >= 4 is 5.91 Å². The van der Waals surface area contributed by atoms with Gasteiger partial charge in [0, 0.05) is 13.2 Å². The molecule has 2 rings (SSSR count). The minimum atomic E-state index is -0.310. The Hall–Kier alpha value is -2.72. The van der Waals surface area contributed by atoms with E-state index in [9.17, 15) is 4.79 Å². The maximum atomic E-state index is 12.1. The Balaban J connectivity index is 2.11. The van der Waals surface area contributed by atoms with Crippen molar-refractivity contribution in [1.82, 2.24) is 25.1 Å². The fourth-order valence-electron chi connectivity index (χ4n) is 1.54. The molecule has 0 aliphatic rings. The van der Waals surface area contributed by atoms with Crippen LogP contribution >= 0.6 is 0 Å². The van der Waals surface area contributed by atoms with Crippen LogP contribution in [0, 0.1) is 11.8 Å². The molecule has 0 fully saturated rings. The van der Waals surface area contributed by atoms with Crippen molar-refractivity contribution in [2.24, 2.45) is 12.8 Å². The van der Waals surface area contributed by atoms with E-state index in [1.807, 2.05) is 0 Å². The molecule has 0 aliphatic heterocycles. The lowest BCUT2D eigenvalue weighted by Gasteiger charge is -2.05. The quantitative estimate of drug-likeness (QED) is 0.729. The van der Waals surface area contributed by atoms with Gasteiger partial charge >= 0.3 is 0 Å². The Kier molecular flexibility index (Phi) is 4.42. The average Bonchev–Trinajstić information content (AvgIpc) is 2.88. The van der Waals surface area contributed by atoms with E-state index in [1.165, 1.54) is 0 Å². The number of nitrogens with zero attached hydrogens (tertiary/aromatic N) is 4. The molecule has 102 valence electrons. The van der Waals surface area contributed by atoms with Gasteiger partial charge < -0.3 is 15.6 Å². The second-order valence-electron chi connectivity index (χ2n) is 3.95. The van der Waals surface area contributed by atoms with E-state index in [0.717, 1.165) is 0 Å². The van der Waals surface area contributed by atoms with Gasteiger partial charge in [0.2, 0.25) is 0 Å². The van der Waals surface area contributed by atoms with Crippen molar-refractivity contribution in [3.05, 3.63) is 41.7 Å². The summed E-state index contributed by atoms with van der Waals surface area (Å²) >= 11 is 0. The number of carbonyl (C=O) groups is 1. The molecule has 3 N–H and O–H groups in total. The van der Waals surface area contributed by atoms with Gasteiger partial charge in [-0.15, -0.1) is 10.2 Å². The first-order valence-corrected chi connectivity index (χ1v) is 5.97. The highest BCUT2D eigenvalue weighted by atomic mass is 16.1. The smallest absolute Gasteiger partial charge is 0.271 e. The van der Waals surface area contributed by atoms with Crippen molar-refractivity contribution < 1.29 is 4.79 Å². The van der Waals surface area contributed by atoms with Gasteiger partial charge in [0.25, 0.3) is 5.91 Å². The summed E-state index contributed by atoms with van der Waals surface area (Å²) in [5, 5.41) is 10.4. The molecule has 0 bridgehead atoms. The Morgan fingerprint density at radius 2 is 2.40 bits per heavy atom. The maximum Gasteiger partial charge on any atom is 0.271 e. The first-order chi connectivity index (χ1) is 9.72. The van der Waals surface area contributed by atoms with Crippen molar-refractivity contribution in [2.75, 3.05) is 6.54 Å². The third-order valence-electron chi connectivity index (χ3n) is 2.56. The highest BCUT2D eigenvalue weighted by Crippen LogP contribution is 2.04. The summed E-state index contributed by atoms with van der Waals surface area (Å²) in [7, 11) is 1.81. The molecule has 0 radical (unpaired) electrons. The topological polar surface area (TPSA) is 98.7 Å². The molecule has 7 heteroatoms. The highest BCUT2D eigenvalue weighted by Gasteiger charge is 2.12. The van der Waals surface area contributed by atoms with Gasteiger partial charge in [-0.1, -0.05) is 11.8 Å². The average molecular weight is 270 g/mol. The summed E-state index contributed by atoms with van der Waals surface area (Å²) in [6.07, 6.45) is 3.12. The Bertz CT molecular complexity index is 667. The summed E-state index contributed by atoms with van der Waals surface area (Å²) < 4.78 is 1.73. The molecule has 2 aromatic heterocycles. The second-order valence-corrected chi connectivity index (χ2v) is 3.95. The van der Waals surface area contributed by atoms with Gasteiger partial charge in [0.05, 0.1) is 18.7 Å². The summed E-state index contributed by atoms with van der Waals surface area (Å²) in [6.45, 7) is 0.505. The minimum absolute atomic E-state index is 0.231. The molecule has 2 aromatic rings. The second kappa shape index (κ2) is 6.45. The molecule has 1 amide bonds. The lowest BCUT2D eigenvalue weighted by Crippen LogP contribution is -2.26. The maximum absolute atomic E-state index is 12.1. The molecule has 0 unspecified atom stereocenters. The number of amides is 1. The van der Waals surface area contributed by atoms with Gasteiger partial charge in [-0.05, 0) is 12.1 Å². The third kappa shape index (κ3) is 3.18. The molecular formula is C13H14N6O. The van der Waals surface area contributed by atoms with Crippen molar-refractivity contribution in [3.63, 3.8) is 0 Å². The predicted octanol–water partition coefficient (Wildman–Crippen LogP) is -0.550. The summed E-state index contributed by atoms with van der Waals surface area (Å²) in [4.78, 5) is 16.2. The monoisotopic (exact) mass is 270 g/mol. The zero-order valence-electron chi connectivity index (χ0n) is 11.0. The molecule has 0 aliphatic carbocycles. The van der Waals surface area contributed by atoms with Crippen LogP contribution in [0.15, 0.2) is 24.7 Å². The lowest BCUT2D eigenvalue weighted by molar-refractivity contribution is 0.0944. The summed E-state index contributed by atoms with van der Waals surface area (Å²) in [6, 6.07) is 3.45. The SMILES string of the molecule is Cn1cnnc1CNC(=O)c1ncccc1C#CCN. The molecule has 7 nitrogen and oxygen atoms in total. The predicted molar refractivity (Wildman–Crippen MR) is 72.3 cm³/mol. The summed E-state index contributed by atoms with van der Waals surface area (Å²) in [5.41, 5.74) is 6.15. The molecule has 0 saturated heterocycles. The minimum Gasteiger partial charge on any atom is -0.343 e. The third-order valence-corrected chi connectivity index (χ3v) is 2.56. The molecule has 20 heavy (non-hydrogen) atoms. The van der Waals surface area contributed by atoms with Crippen LogP contribution in [0.2, 0.25) is 0 Å². The highest BCUT2D eigenvalue weighted by molar-refractivity contribution is 5.94. The van der Waals surface area contributed by atoms with Crippen LogP contribution in [-0.2, 0) is 13.6 Å². The molecule has 2 heterocycles. The van der Waals surface area contributed by atoms with Crippen LogP contribution in [0.1, 0.15) is 21.9 Å². The summed E-state index contributed by atoms with van der Waals surface area (Å²) in [5.74, 6) is 5.88. The first-order valence-electron chi connectivity index (χ1n) is 5.97. The van der Waals surface area contributed by atoms with Crippen molar-refractivity contribution in [1.29, 1.82) is 0 Å². The van der Waals surface area contributed by atoms with E-state index < -0.39 is 0 Å². The van der Waals surface area contributed by atoms with Crippen molar-refractivity contribution in [2.45, 2.75) is 6.54 Å².